The summed E-state index contributed by atoms with van der Waals surface area (Å²) in [5.74, 6) is 0.493. The Bertz CT molecular complexity index is 1370. The largest absolute Gasteiger partial charge is 0.543 e. The standard InChI is InChI=1S/C30H33NO3Si/c1-30(2,3)35(5,6)34-28-24-15-11-10-14-23(24)27(31)25(26(28)20-12-8-7-9-13-20)21-16-18-22(19-17-21)29(32)33-4/h7-19H,31H2,1-6H3. The average Bonchev–Trinajstić information content (AvgIpc) is 2.85. The van der Waals surface area contributed by atoms with Crippen molar-refractivity contribution in [1.82, 2.24) is 0 Å². The maximum absolute atomic E-state index is 12.0. The molecule has 0 fully saturated rings. The second-order valence-corrected chi connectivity index (χ2v) is 15.1. The van der Waals surface area contributed by atoms with Crippen LogP contribution >= 0.6 is 0 Å². The summed E-state index contributed by atoms with van der Waals surface area (Å²) in [4.78, 5) is 12.0. The first-order valence-corrected chi connectivity index (χ1v) is 14.7. The van der Waals surface area contributed by atoms with E-state index in [0.29, 0.717) is 11.3 Å². The topological polar surface area (TPSA) is 61.5 Å². The second-order valence-electron chi connectivity index (χ2n) is 10.3. The van der Waals surface area contributed by atoms with Crippen LogP contribution in [-0.4, -0.2) is 21.4 Å². The van der Waals surface area contributed by atoms with Crippen LogP contribution in [0.4, 0.5) is 5.69 Å². The van der Waals surface area contributed by atoms with Crippen LogP contribution in [0, 0.1) is 0 Å². The lowest BCUT2D eigenvalue weighted by atomic mass is 9.88. The highest BCUT2D eigenvalue weighted by molar-refractivity contribution is 6.75. The molecule has 0 spiro atoms. The number of rotatable bonds is 5. The lowest BCUT2D eigenvalue weighted by Crippen LogP contribution is -2.44. The van der Waals surface area contributed by atoms with E-state index in [1.54, 1.807) is 12.1 Å². The number of carbonyl (C=O) groups is 1. The van der Waals surface area contributed by atoms with Crippen LogP contribution in [0.3, 0.4) is 0 Å². The number of hydrogen-bond acceptors (Lipinski definition) is 4. The van der Waals surface area contributed by atoms with E-state index >= 15 is 0 Å². The predicted molar refractivity (Wildman–Crippen MR) is 148 cm³/mol. The van der Waals surface area contributed by atoms with Gasteiger partial charge in [-0.05, 0) is 41.4 Å². The van der Waals surface area contributed by atoms with Crippen LogP contribution in [0.1, 0.15) is 31.1 Å². The zero-order valence-corrected chi connectivity index (χ0v) is 22.3. The molecule has 0 aliphatic carbocycles. The molecular formula is C30H33NO3Si. The highest BCUT2D eigenvalue weighted by Crippen LogP contribution is 2.50. The number of fused-ring (bicyclic) bond motifs is 1. The predicted octanol–water partition coefficient (Wildman–Crippen LogP) is 7.93. The third-order valence-electron chi connectivity index (χ3n) is 7.03. The molecule has 0 bridgehead atoms. The quantitative estimate of drug-likeness (QED) is 0.178. The van der Waals surface area contributed by atoms with Crippen molar-refractivity contribution >= 4 is 30.7 Å². The molecule has 4 nitrogen and oxygen atoms in total. The zero-order chi connectivity index (χ0) is 25.4. The van der Waals surface area contributed by atoms with E-state index in [1.807, 2.05) is 48.5 Å². The molecule has 0 unspecified atom stereocenters. The Morgan fingerprint density at radius 1 is 0.771 bits per heavy atom. The number of nitrogens with two attached hydrogens (primary N) is 1. The van der Waals surface area contributed by atoms with E-state index in [0.717, 1.165) is 38.8 Å². The Hall–Kier alpha value is -3.57. The number of methoxy groups -OCH3 is 1. The van der Waals surface area contributed by atoms with Gasteiger partial charge in [0, 0.05) is 27.6 Å². The molecule has 180 valence electrons. The molecule has 0 radical (unpaired) electrons. The fraction of sp³-hybridized carbons (Fsp3) is 0.233. The van der Waals surface area contributed by atoms with Gasteiger partial charge in [0.05, 0.1) is 12.7 Å². The highest BCUT2D eigenvalue weighted by atomic mass is 28.4. The van der Waals surface area contributed by atoms with E-state index in [2.05, 4.69) is 52.1 Å². The maximum atomic E-state index is 12.0. The molecule has 0 atom stereocenters. The van der Waals surface area contributed by atoms with Crippen molar-refractivity contribution in [3.63, 3.8) is 0 Å². The van der Waals surface area contributed by atoms with Crippen LogP contribution in [0.2, 0.25) is 18.1 Å². The van der Waals surface area contributed by atoms with Crippen molar-refractivity contribution in [2.45, 2.75) is 38.9 Å². The molecule has 35 heavy (non-hydrogen) atoms. The van der Waals surface area contributed by atoms with E-state index in [1.165, 1.54) is 7.11 Å². The van der Waals surface area contributed by atoms with Crippen LogP contribution in [-0.2, 0) is 4.74 Å². The Morgan fingerprint density at radius 2 is 1.31 bits per heavy atom. The van der Waals surface area contributed by atoms with Crippen molar-refractivity contribution in [2.75, 3.05) is 12.8 Å². The van der Waals surface area contributed by atoms with Gasteiger partial charge in [0.2, 0.25) is 0 Å². The average molecular weight is 484 g/mol. The van der Waals surface area contributed by atoms with E-state index in [-0.39, 0.29) is 11.0 Å². The van der Waals surface area contributed by atoms with E-state index in [9.17, 15) is 4.79 Å². The molecule has 4 aromatic rings. The molecule has 4 aromatic carbocycles. The van der Waals surface area contributed by atoms with Gasteiger partial charge in [-0.2, -0.15) is 0 Å². The van der Waals surface area contributed by atoms with Crippen molar-refractivity contribution in [2.24, 2.45) is 0 Å². The van der Waals surface area contributed by atoms with Crippen LogP contribution < -0.4 is 10.2 Å². The maximum Gasteiger partial charge on any atom is 0.337 e. The number of benzene rings is 4. The summed E-state index contributed by atoms with van der Waals surface area (Å²) in [6.07, 6.45) is 0. The molecule has 0 heterocycles. The van der Waals surface area contributed by atoms with Gasteiger partial charge in [-0.25, -0.2) is 4.79 Å². The van der Waals surface area contributed by atoms with Crippen molar-refractivity contribution in [1.29, 1.82) is 0 Å². The Balaban J connectivity index is 2.10. The van der Waals surface area contributed by atoms with Gasteiger partial charge in [0.15, 0.2) is 0 Å². The van der Waals surface area contributed by atoms with Gasteiger partial charge in [0.1, 0.15) is 5.75 Å². The molecule has 2 N–H and O–H groups in total. The lowest BCUT2D eigenvalue weighted by Gasteiger charge is -2.38. The minimum atomic E-state index is -2.20. The minimum absolute atomic E-state index is 0.0196. The second kappa shape index (κ2) is 9.23. The van der Waals surface area contributed by atoms with Crippen molar-refractivity contribution in [3.8, 4) is 28.0 Å². The third kappa shape index (κ3) is 4.56. The summed E-state index contributed by atoms with van der Waals surface area (Å²) in [6.45, 7) is 11.3. The molecular weight excluding hydrogens is 450 g/mol. The highest BCUT2D eigenvalue weighted by Gasteiger charge is 2.40. The monoisotopic (exact) mass is 483 g/mol. The Labute approximate surface area is 208 Å². The molecule has 0 amide bonds. The Morgan fingerprint density at radius 3 is 1.89 bits per heavy atom. The first-order chi connectivity index (χ1) is 16.5. The number of nitrogen functional groups attached to an aromatic ring is 1. The molecule has 4 rings (SSSR count). The summed E-state index contributed by atoms with van der Waals surface area (Å²) in [6, 6.07) is 25.8. The number of ether oxygens (including phenoxy) is 1. The molecule has 0 saturated heterocycles. The van der Waals surface area contributed by atoms with Gasteiger partial charge in [-0.1, -0.05) is 87.5 Å². The number of hydrogen-bond donors (Lipinski definition) is 1. The van der Waals surface area contributed by atoms with Gasteiger partial charge in [-0.15, -0.1) is 0 Å². The fourth-order valence-electron chi connectivity index (χ4n) is 4.02. The smallest absolute Gasteiger partial charge is 0.337 e. The molecule has 0 aliphatic rings. The van der Waals surface area contributed by atoms with Gasteiger partial charge < -0.3 is 14.9 Å². The summed E-state index contributed by atoms with van der Waals surface area (Å²) in [5.41, 5.74) is 11.9. The summed E-state index contributed by atoms with van der Waals surface area (Å²) >= 11 is 0. The fourth-order valence-corrected chi connectivity index (χ4v) is 5.05. The number of anilines is 1. The lowest BCUT2D eigenvalue weighted by molar-refractivity contribution is 0.0600. The number of esters is 1. The van der Waals surface area contributed by atoms with Gasteiger partial charge in [0.25, 0.3) is 8.32 Å². The first-order valence-electron chi connectivity index (χ1n) is 11.8. The van der Waals surface area contributed by atoms with Crippen LogP contribution in [0.15, 0.2) is 78.9 Å². The van der Waals surface area contributed by atoms with Crippen LogP contribution in [0.25, 0.3) is 33.0 Å². The molecule has 0 aliphatic heterocycles. The summed E-state index contributed by atoms with van der Waals surface area (Å²) < 4.78 is 12.0. The van der Waals surface area contributed by atoms with E-state index in [4.69, 9.17) is 14.9 Å². The normalized spacial score (nSPS) is 11.9. The summed E-state index contributed by atoms with van der Waals surface area (Å²) in [5, 5.41) is 1.97. The van der Waals surface area contributed by atoms with Crippen molar-refractivity contribution in [3.05, 3.63) is 84.4 Å². The third-order valence-corrected chi connectivity index (χ3v) is 11.4. The zero-order valence-electron chi connectivity index (χ0n) is 21.3. The molecule has 5 heteroatoms. The SMILES string of the molecule is COC(=O)c1ccc(-c2c(-c3ccccc3)c(O[Si](C)(C)C(C)(C)C)c3ccccc3c2N)cc1. The summed E-state index contributed by atoms with van der Waals surface area (Å²) in [7, 11) is -0.815. The Kier molecular flexibility index (Phi) is 6.47. The first kappa shape index (κ1) is 24.5. The van der Waals surface area contributed by atoms with Gasteiger partial charge in [-0.3, -0.25) is 0 Å². The van der Waals surface area contributed by atoms with Crippen LogP contribution in [0.5, 0.6) is 5.75 Å². The van der Waals surface area contributed by atoms with Crippen molar-refractivity contribution < 1.29 is 14.0 Å². The van der Waals surface area contributed by atoms with Gasteiger partial charge >= 0.3 is 5.97 Å². The minimum Gasteiger partial charge on any atom is -0.543 e. The molecule has 0 aromatic heterocycles. The molecule has 0 saturated carbocycles. The number of carbonyl (C=O) groups excluding carboxylic acids is 1. The van der Waals surface area contributed by atoms with E-state index < -0.39 is 8.32 Å².